The summed E-state index contributed by atoms with van der Waals surface area (Å²) in [5.41, 5.74) is 1.36. The number of likely N-dealkylation sites (tertiary alicyclic amines) is 1. The second kappa shape index (κ2) is 8.37. The molecular formula is C20H28N2O2S. The van der Waals surface area contributed by atoms with Crippen LogP contribution < -0.4 is 5.32 Å². The van der Waals surface area contributed by atoms with Crippen LogP contribution in [0.15, 0.2) is 23.1 Å². The fourth-order valence-corrected chi connectivity index (χ4v) is 5.19. The van der Waals surface area contributed by atoms with E-state index >= 15 is 0 Å². The molecule has 136 valence electrons. The normalized spacial score (nSPS) is 24.0. The molecule has 0 saturated carbocycles. The third kappa shape index (κ3) is 4.64. The lowest BCUT2D eigenvalue weighted by atomic mass is 9.92. The molecule has 2 aliphatic rings. The van der Waals surface area contributed by atoms with Crippen LogP contribution in [0.1, 0.15) is 53.8 Å². The molecule has 0 radical (unpaired) electrons. The second-order valence-electron chi connectivity index (χ2n) is 7.52. The molecule has 2 atom stereocenters. The molecule has 0 spiro atoms. The molecule has 1 amide bonds. The summed E-state index contributed by atoms with van der Waals surface area (Å²) >= 11 is 1.62. The van der Waals surface area contributed by atoms with Gasteiger partial charge in [-0.05, 0) is 37.3 Å². The molecule has 1 saturated heterocycles. The molecule has 0 bridgehead atoms. The molecule has 4 nitrogen and oxygen atoms in total. The number of nitrogens with zero attached hydrogens (tertiary/aromatic N) is 1. The number of piperidine rings is 1. The van der Waals surface area contributed by atoms with Gasteiger partial charge < -0.3 is 10.2 Å². The van der Waals surface area contributed by atoms with Crippen LogP contribution in [-0.2, 0) is 0 Å². The number of nitrogens with one attached hydrogen (secondary N) is 1. The molecule has 5 heteroatoms. The van der Waals surface area contributed by atoms with E-state index in [0.717, 1.165) is 35.4 Å². The van der Waals surface area contributed by atoms with Crippen molar-refractivity contribution in [2.24, 2.45) is 11.8 Å². The SMILES string of the molecule is CC1CC(C)CN(CCCNC(=O)c2cccc3c2SCCC3=O)C1. The van der Waals surface area contributed by atoms with E-state index in [0.29, 0.717) is 24.1 Å². The largest absolute Gasteiger partial charge is 0.352 e. The summed E-state index contributed by atoms with van der Waals surface area (Å²) in [5.74, 6) is 2.39. The summed E-state index contributed by atoms with van der Waals surface area (Å²) in [7, 11) is 0. The van der Waals surface area contributed by atoms with Gasteiger partial charge in [-0.2, -0.15) is 0 Å². The average Bonchev–Trinajstić information content (AvgIpc) is 2.58. The molecule has 1 aromatic carbocycles. The average molecular weight is 361 g/mol. The molecule has 2 aliphatic heterocycles. The Morgan fingerprint density at radius 1 is 1.28 bits per heavy atom. The number of carbonyl (C=O) groups excluding carboxylic acids is 2. The minimum Gasteiger partial charge on any atom is -0.352 e. The van der Waals surface area contributed by atoms with Crippen molar-refractivity contribution in [2.45, 2.75) is 38.0 Å². The summed E-state index contributed by atoms with van der Waals surface area (Å²) in [4.78, 5) is 27.9. The number of fused-ring (bicyclic) bond motifs is 1. The minimum atomic E-state index is -0.0561. The predicted molar refractivity (Wildman–Crippen MR) is 102 cm³/mol. The van der Waals surface area contributed by atoms with Crippen molar-refractivity contribution in [1.82, 2.24) is 10.2 Å². The Morgan fingerprint density at radius 3 is 2.80 bits per heavy atom. The molecular weight excluding hydrogens is 332 g/mol. The van der Waals surface area contributed by atoms with Crippen LogP contribution in [0.4, 0.5) is 0 Å². The zero-order chi connectivity index (χ0) is 17.8. The monoisotopic (exact) mass is 360 g/mol. The Labute approximate surface area is 154 Å². The van der Waals surface area contributed by atoms with Gasteiger partial charge >= 0.3 is 0 Å². The lowest BCUT2D eigenvalue weighted by molar-refractivity contribution is 0.0944. The fraction of sp³-hybridized carbons (Fsp3) is 0.600. The molecule has 0 aromatic heterocycles. The Hall–Kier alpha value is -1.33. The fourth-order valence-electron chi connectivity index (χ4n) is 4.05. The van der Waals surface area contributed by atoms with E-state index in [9.17, 15) is 9.59 Å². The third-order valence-electron chi connectivity index (χ3n) is 5.02. The van der Waals surface area contributed by atoms with Crippen LogP contribution in [0.3, 0.4) is 0 Å². The molecule has 0 aliphatic carbocycles. The Bertz CT molecular complexity index is 637. The summed E-state index contributed by atoms with van der Waals surface area (Å²) in [5, 5.41) is 3.04. The van der Waals surface area contributed by atoms with Crippen LogP contribution in [-0.4, -0.2) is 48.5 Å². The first kappa shape index (κ1) is 18.5. The van der Waals surface area contributed by atoms with Crippen LogP contribution in [0.2, 0.25) is 0 Å². The summed E-state index contributed by atoms with van der Waals surface area (Å²) in [6.45, 7) is 8.70. The lowest BCUT2D eigenvalue weighted by Gasteiger charge is -2.34. The topological polar surface area (TPSA) is 49.4 Å². The highest BCUT2D eigenvalue weighted by Crippen LogP contribution is 2.33. The number of rotatable bonds is 5. The number of ketones is 1. The van der Waals surface area contributed by atoms with E-state index in [-0.39, 0.29) is 11.7 Å². The van der Waals surface area contributed by atoms with E-state index in [1.807, 2.05) is 18.2 Å². The maximum atomic E-state index is 12.5. The minimum absolute atomic E-state index is 0.0561. The van der Waals surface area contributed by atoms with E-state index < -0.39 is 0 Å². The van der Waals surface area contributed by atoms with Crippen LogP contribution in [0, 0.1) is 11.8 Å². The highest BCUT2D eigenvalue weighted by atomic mass is 32.2. The van der Waals surface area contributed by atoms with Gasteiger partial charge in [0.05, 0.1) is 5.56 Å². The quantitative estimate of drug-likeness (QED) is 0.817. The van der Waals surface area contributed by atoms with Crippen molar-refractivity contribution in [1.29, 1.82) is 0 Å². The van der Waals surface area contributed by atoms with Gasteiger partial charge in [-0.1, -0.05) is 26.0 Å². The molecule has 1 fully saturated rings. The van der Waals surface area contributed by atoms with Crippen LogP contribution >= 0.6 is 11.8 Å². The van der Waals surface area contributed by atoms with Gasteiger partial charge in [-0.25, -0.2) is 0 Å². The lowest BCUT2D eigenvalue weighted by Crippen LogP contribution is -2.40. The molecule has 2 heterocycles. The standard InChI is InChI=1S/C20H28N2O2S/c1-14-11-15(2)13-22(12-14)9-4-8-21-20(24)17-6-3-5-16-18(23)7-10-25-19(16)17/h3,5-6,14-15H,4,7-13H2,1-2H3,(H,21,24). The highest BCUT2D eigenvalue weighted by molar-refractivity contribution is 7.99. The molecule has 1 N–H and O–H groups in total. The number of amides is 1. The second-order valence-corrected chi connectivity index (χ2v) is 8.62. The first-order chi connectivity index (χ1) is 12.0. The number of benzene rings is 1. The first-order valence-electron chi connectivity index (χ1n) is 9.34. The van der Waals surface area contributed by atoms with Crippen molar-refractivity contribution in [2.75, 3.05) is 31.9 Å². The zero-order valence-electron chi connectivity index (χ0n) is 15.2. The van der Waals surface area contributed by atoms with E-state index in [1.165, 1.54) is 19.5 Å². The van der Waals surface area contributed by atoms with Gasteiger partial charge in [0.25, 0.3) is 5.91 Å². The van der Waals surface area contributed by atoms with Gasteiger partial charge in [0.1, 0.15) is 0 Å². The summed E-state index contributed by atoms with van der Waals surface area (Å²) in [6.07, 6.45) is 2.85. The van der Waals surface area contributed by atoms with Gasteiger partial charge in [0.15, 0.2) is 5.78 Å². The Morgan fingerprint density at radius 2 is 2.04 bits per heavy atom. The van der Waals surface area contributed by atoms with Gasteiger partial charge in [-0.3, -0.25) is 9.59 Å². The van der Waals surface area contributed by atoms with Gasteiger partial charge in [0, 0.05) is 42.3 Å². The molecule has 1 aromatic rings. The van der Waals surface area contributed by atoms with E-state index in [4.69, 9.17) is 0 Å². The maximum Gasteiger partial charge on any atom is 0.252 e. The third-order valence-corrected chi connectivity index (χ3v) is 6.15. The first-order valence-corrected chi connectivity index (χ1v) is 10.3. The number of carbonyl (C=O) groups is 2. The van der Waals surface area contributed by atoms with E-state index in [2.05, 4.69) is 24.1 Å². The number of hydrogen-bond acceptors (Lipinski definition) is 4. The van der Waals surface area contributed by atoms with Crippen molar-refractivity contribution in [3.05, 3.63) is 29.3 Å². The summed E-state index contributed by atoms with van der Waals surface area (Å²) < 4.78 is 0. The van der Waals surface area contributed by atoms with Crippen molar-refractivity contribution in [3.8, 4) is 0 Å². The smallest absolute Gasteiger partial charge is 0.252 e. The summed E-state index contributed by atoms with van der Waals surface area (Å²) in [6, 6.07) is 5.47. The maximum absolute atomic E-state index is 12.5. The molecule has 2 unspecified atom stereocenters. The Kier molecular flexibility index (Phi) is 6.18. The number of thioether (sulfide) groups is 1. The van der Waals surface area contributed by atoms with Crippen LogP contribution in [0.25, 0.3) is 0 Å². The van der Waals surface area contributed by atoms with E-state index in [1.54, 1.807) is 11.8 Å². The van der Waals surface area contributed by atoms with Gasteiger partial charge in [0.2, 0.25) is 0 Å². The molecule has 3 rings (SSSR count). The Balaban J connectivity index is 1.50. The zero-order valence-corrected chi connectivity index (χ0v) is 16.0. The van der Waals surface area contributed by atoms with Crippen molar-refractivity contribution < 1.29 is 9.59 Å². The number of hydrogen-bond donors (Lipinski definition) is 1. The highest BCUT2D eigenvalue weighted by Gasteiger charge is 2.23. The predicted octanol–water partition coefficient (Wildman–Crippen LogP) is 3.46. The molecule has 25 heavy (non-hydrogen) atoms. The van der Waals surface area contributed by atoms with Crippen molar-refractivity contribution in [3.63, 3.8) is 0 Å². The van der Waals surface area contributed by atoms with Crippen molar-refractivity contribution >= 4 is 23.5 Å². The number of Topliss-reactive ketones (excluding diaryl/α,β-unsaturated/α-hetero) is 1. The van der Waals surface area contributed by atoms with Crippen LogP contribution in [0.5, 0.6) is 0 Å². The van der Waals surface area contributed by atoms with Gasteiger partial charge in [-0.15, -0.1) is 11.8 Å².